The fourth-order valence-corrected chi connectivity index (χ4v) is 2.75. The second-order valence-electron chi connectivity index (χ2n) is 5.52. The van der Waals surface area contributed by atoms with E-state index >= 15 is 0 Å². The van der Waals surface area contributed by atoms with Crippen molar-refractivity contribution in [1.29, 1.82) is 0 Å². The van der Waals surface area contributed by atoms with Gasteiger partial charge >= 0.3 is 5.97 Å². The van der Waals surface area contributed by atoms with Crippen LogP contribution >= 0.6 is 0 Å². The Morgan fingerprint density at radius 1 is 1.40 bits per heavy atom. The van der Waals surface area contributed by atoms with E-state index in [0.717, 1.165) is 35.2 Å². The van der Waals surface area contributed by atoms with E-state index in [1.807, 2.05) is 12.1 Å². The summed E-state index contributed by atoms with van der Waals surface area (Å²) in [6, 6.07) is 7.67. The molecule has 0 radical (unpaired) electrons. The first-order valence-corrected chi connectivity index (χ1v) is 6.96. The van der Waals surface area contributed by atoms with Crippen molar-refractivity contribution in [2.75, 3.05) is 0 Å². The van der Waals surface area contributed by atoms with Crippen LogP contribution < -0.4 is 0 Å². The van der Waals surface area contributed by atoms with Crippen molar-refractivity contribution in [3.05, 3.63) is 47.7 Å². The highest BCUT2D eigenvalue weighted by Crippen LogP contribution is 2.33. The van der Waals surface area contributed by atoms with E-state index in [1.165, 1.54) is 18.2 Å². The molecule has 1 aliphatic rings. The van der Waals surface area contributed by atoms with Crippen molar-refractivity contribution in [2.45, 2.75) is 26.2 Å². The Hall–Kier alpha value is -2.16. The zero-order valence-corrected chi connectivity index (χ0v) is 11.5. The lowest BCUT2D eigenvalue weighted by Crippen LogP contribution is -2.02. The van der Waals surface area contributed by atoms with Gasteiger partial charge in [-0.1, -0.05) is 31.2 Å². The number of aromatic nitrogens is 1. The number of allylic oxidation sites excluding steroid dienone is 2. The molecule has 1 aromatic carbocycles. The zero-order valence-electron chi connectivity index (χ0n) is 11.5. The summed E-state index contributed by atoms with van der Waals surface area (Å²) in [7, 11) is 0. The minimum Gasteiger partial charge on any atom is -0.478 e. The number of rotatable bonds is 2. The fourth-order valence-electron chi connectivity index (χ4n) is 2.75. The van der Waals surface area contributed by atoms with Gasteiger partial charge in [-0.2, -0.15) is 0 Å². The number of para-hydroxylation sites is 1. The number of hydrogen-bond donors (Lipinski definition) is 1. The lowest BCUT2D eigenvalue weighted by atomic mass is 9.87. The van der Waals surface area contributed by atoms with Gasteiger partial charge in [0.25, 0.3) is 0 Å². The van der Waals surface area contributed by atoms with E-state index < -0.39 is 5.97 Å². The topological polar surface area (TPSA) is 50.2 Å². The number of nitrogens with zero attached hydrogens (tertiary/aromatic N) is 1. The number of carbonyl (C=O) groups is 1. The van der Waals surface area contributed by atoms with E-state index in [4.69, 9.17) is 5.11 Å². The molecule has 3 rings (SSSR count). The first kappa shape index (κ1) is 12.9. The van der Waals surface area contributed by atoms with E-state index in [1.54, 1.807) is 6.07 Å². The van der Waals surface area contributed by atoms with Crippen LogP contribution in [0.2, 0.25) is 0 Å². The average molecular weight is 267 g/mol. The average Bonchev–Trinajstić information content (AvgIpc) is 2.47. The summed E-state index contributed by atoms with van der Waals surface area (Å²) in [5, 5.41) is 9.93. The lowest BCUT2D eigenvalue weighted by Gasteiger charge is -2.19. The molecule has 1 heterocycles. The summed E-state index contributed by atoms with van der Waals surface area (Å²) in [6.45, 7) is 2.27. The number of carboxylic acids is 1. The van der Waals surface area contributed by atoms with Crippen LogP contribution in [-0.2, 0) is 0 Å². The van der Waals surface area contributed by atoms with Crippen molar-refractivity contribution in [2.24, 2.45) is 5.92 Å². The number of carboxylic acid groups (broad SMARTS) is 1. The van der Waals surface area contributed by atoms with Crippen molar-refractivity contribution in [3.8, 4) is 0 Å². The van der Waals surface area contributed by atoms with Crippen LogP contribution in [0, 0.1) is 5.92 Å². The first-order valence-electron chi connectivity index (χ1n) is 6.96. The van der Waals surface area contributed by atoms with Crippen LogP contribution in [0.1, 0.15) is 42.1 Å². The Morgan fingerprint density at radius 3 is 2.95 bits per heavy atom. The molecule has 20 heavy (non-hydrogen) atoms. The Balaban J connectivity index is 2.10. The fraction of sp³-hybridized carbons (Fsp3) is 0.294. The largest absolute Gasteiger partial charge is 0.478 e. The smallest absolute Gasteiger partial charge is 0.337 e. The van der Waals surface area contributed by atoms with Crippen molar-refractivity contribution in [1.82, 2.24) is 4.98 Å². The van der Waals surface area contributed by atoms with Gasteiger partial charge < -0.3 is 5.11 Å². The van der Waals surface area contributed by atoms with Crippen LogP contribution in [0.4, 0.5) is 0 Å². The predicted octanol–water partition coefficient (Wildman–Crippen LogP) is 4.14. The molecule has 0 saturated heterocycles. The van der Waals surface area contributed by atoms with Crippen LogP contribution in [0.15, 0.2) is 36.5 Å². The van der Waals surface area contributed by atoms with E-state index in [2.05, 4.69) is 24.1 Å². The van der Waals surface area contributed by atoms with Gasteiger partial charge in [0.15, 0.2) is 0 Å². The number of pyridine rings is 1. The lowest BCUT2D eigenvalue weighted by molar-refractivity contribution is 0.0696. The molecular formula is C17H17NO2. The van der Waals surface area contributed by atoms with Gasteiger partial charge in [0.1, 0.15) is 0 Å². The third-order valence-electron chi connectivity index (χ3n) is 3.98. The molecule has 1 unspecified atom stereocenters. The van der Waals surface area contributed by atoms with Gasteiger partial charge in [-0.3, -0.25) is 4.98 Å². The molecule has 0 saturated carbocycles. The minimum absolute atomic E-state index is 0.237. The van der Waals surface area contributed by atoms with Crippen molar-refractivity contribution in [3.63, 3.8) is 0 Å². The molecule has 1 aromatic heterocycles. The van der Waals surface area contributed by atoms with Crippen LogP contribution in [0.25, 0.3) is 16.5 Å². The van der Waals surface area contributed by atoms with Gasteiger partial charge in [-0.25, -0.2) is 4.79 Å². The molecule has 1 aliphatic carbocycles. The van der Waals surface area contributed by atoms with Gasteiger partial charge in [-0.05, 0) is 36.8 Å². The summed E-state index contributed by atoms with van der Waals surface area (Å²) in [5.74, 6) is -0.184. The maximum absolute atomic E-state index is 11.0. The molecule has 0 bridgehead atoms. The predicted molar refractivity (Wildman–Crippen MR) is 79.7 cm³/mol. The number of benzene rings is 1. The highest BCUT2D eigenvalue weighted by Gasteiger charge is 2.14. The van der Waals surface area contributed by atoms with Gasteiger partial charge in [0.2, 0.25) is 0 Å². The summed E-state index contributed by atoms with van der Waals surface area (Å²) >= 11 is 0. The molecule has 2 aromatic rings. The van der Waals surface area contributed by atoms with E-state index in [9.17, 15) is 4.79 Å². The van der Waals surface area contributed by atoms with Crippen LogP contribution in [0.3, 0.4) is 0 Å². The van der Waals surface area contributed by atoms with Crippen molar-refractivity contribution >= 4 is 22.4 Å². The Labute approximate surface area is 118 Å². The molecule has 1 N–H and O–H groups in total. The molecule has 0 aliphatic heterocycles. The first-order chi connectivity index (χ1) is 9.65. The maximum atomic E-state index is 11.0. The molecule has 3 heteroatoms. The SMILES string of the molecule is CC1CC=C(c2cccc3cc(C(=O)O)cnc23)CC1. The number of aromatic carboxylic acids is 1. The Bertz CT molecular complexity index is 703. The van der Waals surface area contributed by atoms with E-state index in [-0.39, 0.29) is 5.56 Å². The second kappa shape index (κ2) is 5.08. The molecule has 0 spiro atoms. The van der Waals surface area contributed by atoms with Crippen LogP contribution in [-0.4, -0.2) is 16.1 Å². The highest BCUT2D eigenvalue weighted by atomic mass is 16.4. The van der Waals surface area contributed by atoms with Gasteiger partial charge in [0, 0.05) is 17.1 Å². The second-order valence-corrected chi connectivity index (χ2v) is 5.52. The summed E-state index contributed by atoms with van der Waals surface area (Å²) in [6.07, 6.45) is 7.13. The summed E-state index contributed by atoms with van der Waals surface area (Å²) < 4.78 is 0. The zero-order chi connectivity index (χ0) is 14.1. The monoisotopic (exact) mass is 267 g/mol. The number of fused-ring (bicyclic) bond motifs is 1. The normalized spacial score (nSPS) is 18.9. The molecule has 0 fully saturated rings. The van der Waals surface area contributed by atoms with Gasteiger partial charge in [0.05, 0.1) is 11.1 Å². The summed E-state index contributed by atoms with van der Waals surface area (Å²) in [4.78, 5) is 15.4. The standard InChI is InChI=1S/C17H17NO2/c1-11-5-7-12(8-6-11)15-4-2-3-13-9-14(17(19)20)10-18-16(13)15/h2-4,7,9-11H,5-6,8H2,1H3,(H,19,20). The highest BCUT2D eigenvalue weighted by molar-refractivity contribution is 5.96. The number of hydrogen-bond acceptors (Lipinski definition) is 2. The van der Waals surface area contributed by atoms with Gasteiger partial charge in [-0.15, -0.1) is 0 Å². The van der Waals surface area contributed by atoms with E-state index in [0.29, 0.717) is 0 Å². The molecule has 0 amide bonds. The molecule has 102 valence electrons. The molecule has 3 nitrogen and oxygen atoms in total. The maximum Gasteiger partial charge on any atom is 0.337 e. The van der Waals surface area contributed by atoms with Crippen molar-refractivity contribution < 1.29 is 9.90 Å². The Morgan fingerprint density at radius 2 is 2.25 bits per heavy atom. The third kappa shape index (κ3) is 2.31. The Kier molecular flexibility index (Phi) is 3.26. The van der Waals surface area contributed by atoms with Crippen LogP contribution in [0.5, 0.6) is 0 Å². The molecule has 1 atom stereocenters. The molecular weight excluding hydrogens is 250 g/mol. The summed E-state index contributed by atoms with van der Waals surface area (Å²) in [5.41, 5.74) is 3.62. The minimum atomic E-state index is -0.935. The third-order valence-corrected chi connectivity index (χ3v) is 3.98. The quantitative estimate of drug-likeness (QED) is 0.889.